The first kappa shape index (κ1) is 9.50. The van der Waals surface area contributed by atoms with E-state index in [0.29, 0.717) is 0 Å². The van der Waals surface area contributed by atoms with Crippen molar-refractivity contribution in [1.82, 2.24) is 0 Å². The second kappa shape index (κ2) is 5.30. The minimum absolute atomic E-state index is 0.750. The van der Waals surface area contributed by atoms with Gasteiger partial charge in [0.15, 0.2) is 0 Å². The summed E-state index contributed by atoms with van der Waals surface area (Å²) in [5, 5.41) is 14.2. The molecule has 1 rings (SSSR count). The first-order valence-electron chi connectivity index (χ1n) is 3.34. The molecule has 0 aromatic rings. The van der Waals surface area contributed by atoms with Gasteiger partial charge in [0.05, 0.1) is 12.4 Å². The van der Waals surface area contributed by atoms with Gasteiger partial charge in [0, 0.05) is 11.3 Å². The molecule has 0 bridgehead atoms. The number of rotatable bonds is 0. The van der Waals surface area contributed by atoms with Gasteiger partial charge >= 0.3 is 0 Å². The van der Waals surface area contributed by atoms with E-state index in [4.69, 9.17) is 16.4 Å². The van der Waals surface area contributed by atoms with Crippen LogP contribution in [-0.4, -0.2) is 6.34 Å². The summed E-state index contributed by atoms with van der Waals surface area (Å²) in [5.41, 5.74) is 11.4. The summed E-state index contributed by atoms with van der Waals surface area (Å²) >= 11 is 0. The van der Waals surface area contributed by atoms with Crippen LogP contribution in [0.4, 0.5) is 0 Å². The number of hydrogen-bond acceptors (Lipinski definition) is 3. The Morgan fingerprint density at radius 3 is 2.27 bits per heavy atom. The molecule has 0 fully saturated rings. The molecule has 0 aromatic carbocycles. The molecule has 5 N–H and O–H groups in total. The van der Waals surface area contributed by atoms with Crippen LogP contribution in [0.5, 0.6) is 0 Å². The monoisotopic (exact) mass is 152 g/mol. The van der Waals surface area contributed by atoms with Crippen LogP contribution in [0, 0.1) is 16.7 Å². The summed E-state index contributed by atoms with van der Waals surface area (Å²) in [4.78, 5) is 0. The standard InChI is InChI=1S/C6H8N2.CH4N2/c7-4-5-2-1-3-6(5)8;2-1-3/h1-3,8H2;1H,(H3,2,3). The minimum atomic E-state index is 0.750. The van der Waals surface area contributed by atoms with E-state index >= 15 is 0 Å². The molecule has 0 amide bonds. The van der Waals surface area contributed by atoms with E-state index in [9.17, 15) is 0 Å². The smallest absolute Gasteiger partial charge is 0.0965 e. The quantitative estimate of drug-likeness (QED) is 0.347. The van der Waals surface area contributed by atoms with Crippen molar-refractivity contribution in [2.45, 2.75) is 19.3 Å². The van der Waals surface area contributed by atoms with Crippen LogP contribution in [0.25, 0.3) is 0 Å². The molecule has 0 heterocycles. The molecule has 4 heteroatoms. The van der Waals surface area contributed by atoms with Crippen LogP contribution in [0.2, 0.25) is 0 Å². The molecule has 11 heavy (non-hydrogen) atoms. The van der Waals surface area contributed by atoms with Crippen molar-refractivity contribution >= 4 is 6.34 Å². The molecule has 0 saturated carbocycles. The van der Waals surface area contributed by atoms with Gasteiger partial charge in [-0.2, -0.15) is 5.26 Å². The predicted molar refractivity (Wildman–Crippen MR) is 43.6 cm³/mol. The van der Waals surface area contributed by atoms with E-state index in [1.165, 1.54) is 0 Å². The number of hydrogen-bond donors (Lipinski definition) is 3. The second-order valence-electron chi connectivity index (χ2n) is 2.14. The average molecular weight is 152 g/mol. The van der Waals surface area contributed by atoms with Crippen molar-refractivity contribution in [2.75, 3.05) is 0 Å². The van der Waals surface area contributed by atoms with Gasteiger partial charge in [0.25, 0.3) is 0 Å². The first-order valence-corrected chi connectivity index (χ1v) is 3.34. The van der Waals surface area contributed by atoms with E-state index in [1.54, 1.807) is 0 Å². The minimum Gasteiger partial charge on any atom is -0.401 e. The van der Waals surface area contributed by atoms with Gasteiger partial charge in [-0.1, -0.05) is 0 Å². The van der Waals surface area contributed by atoms with Crippen molar-refractivity contribution in [2.24, 2.45) is 11.5 Å². The van der Waals surface area contributed by atoms with Crippen molar-refractivity contribution < 1.29 is 0 Å². The molecule has 60 valence electrons. The highest BCUT2D eigenvalue weighted by Crippen LogP contribution is 2.20. The van der Waals surface area contributed by atoms with E-state index < -0.39 is 0 Å². The maximum absolute atomic E-state index is 8.35. The molecule has 1 aliphatic rings. The molecular formula is C7H12N4. The largest absolute Gasteiger partial charge is 0.401 e. The normalized spacial score (nSPS) is 14.8. The summed E-state index contributed by atoms with van der Waals surface area (Å²) < 4.78 is 0. The molecule has 0 saturated heterocycles. The zero-order valence-electron chi connectivity index (χ0n) is 6.30. The Balaban J connectivity index is 0.000000292. The predicted octanol–water partition coefficient (Wildman–Crippen LogP) is 0.459. The number of allylic oxidation sites excluding steroid dienone is 2. The molecule has 0 aromatic heterocycles. The summed E-state index contributed by atoms with van der Waals surface area (Å²) in [6.07, 6.45) is 3.62. The van der Waals surface area contributed by atoms with Crippen molar-refractivity contribution in [3.63, 3.8) is 0 Å². The fourth-order valence-corrected chi connectivity index (χ4v) is 0.895. The lowest BCUT2D eigenvalue weighted by Gasteiger charge is -1.85. The summed E-state index contributed by atoms with van der Waals surface area (Å²) in [7, 11) is 0. The lowest BCUT2D eigenvalue weighted by atomic mass is 10.2. The highest BCUT2D eigenvalue weighted by molar-refractivity contribution is 5.46. The van der Waals surface area contributed by atoms with Crippen LogP contribution in [-0.2, 0) is 0 Å². The Hall–Kier alpha value is -1.50. The third-order valence-electron chi connectivity index (χ3n) is 1.40. The third-order valence-corrected chi connectivity index (χ3v) is 1.40. The number of nitrogens with one attached hydrogen (secondary N) is 1. The molecule has 0 radical (unpaired) electrons. The summed E-state index contributed by atoms with van der Waals surface area (Å²) in [6.45, 7) is 0. The van der Waals surface area contributed by atoms with Crippen LogP contribution in [0.1, 0.15) is 19.3 Å². The second-order valence-corrected chi connectivity index (χ2v) is 2.14. The van der Waals surface area contributed by atoms with E-state index in [-0.39, 0.29) is 0 Å². The summed E-state index contributed by atoms with van der Waals surface area (Å²) in [5.74, 6) is 0. The van der Waals surface area contributed by atoms with Gasteiger partial charge in [-0.05, 0) is 19.3 Å². The lowest BCUT2D eigenvalue weighted by molar-refractivity contribution is 0.894. The van der Waals surface area contributed by atoms with Gasteiger partial charge < -0.3 is 11.5 Å². The van der Waals surface area contributed by atoms with Crippen molar-refractivity contribution in [3.8, 4) is 6.07 Å². The Labute approximate surface area is 66.0 Å². The topological polar surface area (TPSA) is 99.7 Å². The average Bonchev–Trinajstić information content (AvgIpc) is 2.36. The van der Waals surface area contributed by atoms with Gasteiger partial charge in [-0.25, -0.2) is 0 Å². The Kier molecular flexibility index (Phi) is 4.58. The zero-order valence-corrected chi connectivity index (χ0v) is 6.30. The highest BCUT2D eigenvalue weighted by atomic mass is 14.6. The molecule has 4 nitrogen and oxygen atoms in total. The van der Waals surface area contributed by atoms with Crippen LogP contribution in [0.15, 0.2) is 11.3 Å². The van der Waals surface area contributed by atoms with Gasteiger partial charge in [0.1, 0.15) is 0 Å². The molecular weight excluding hydrogens is 140 g/mol. The van der Waals surface area contributed by atoms with E-state index in [0.717, 1.165) is 36.9 Å². The zero-order chi connectivity index (χ0) is 8.69. The Morgan fingerprint density at radius 1 is 1.55 bits per heavy atom. The van der Waals surface area contributed by atoms with Crippen molar-refractivity contribution in [3.05, 3.63) is 11.3 Å². The van der Waals surface area contributed by atoms with Crippen molar-refractivity contribution in [1.29, 1.82) is 10.7 Å². The fourth-order valence-electron chi connectivity index (χ4n) is 0.895. The third kappa shape index (κ3) is 3.26. The van der Waals surface area contributed by atoms with Gasteiger partial charge in [-0.3, -0.25) is 5.41 Å². The summed E-state index contributed by atoms with van der Waals surface area (Å²) in [6, 6.07) is 2.07. The number of nitriles is 1. The number of nitrogens with zero attached hydrogens (tertiary/aromatic N) is 1. The Bertz CT molecular complexity index is 199. The maximum atomic E-state index is 8.35. The lowest BCUT2D eigenvalue weighted by Crippen LogP contribution is -1.93. The highest BCUT2D eigenvalue weighted by Gasteiger charge is 2.09. The van der Waals surface area contributed by atoms with Gasteiger partial charge in [0.2, 0.25) is 0 Å². The van der Waals surface area contributed by atoms with Crippen LogP contribution in [0.3, 0.4) is 0 Å². The molecule has 1 aliphatic carbocycles. The fraction of sp³-hybridized carbons (Fsp3) is 0.429. The van der Waals surface area contributed by atoms with Crippen LogP contribution >= 0.6 is 0 Å². The van der Waals surface area contributed by atoms with E-state index in [2.05, 4.69) is 11.8 Å². The molecule has 0 unspecified atom stereocenters. The molecule has 0 atom stereocenters. The SMILES string of the molecule is N#CC1=C(N)CCC1.N=CN. The molecule has 0 spiro atoms. The Morgan fingerprint density at radius 2 is 2.09 bits per heavy atom. The number of nitrogens with two attached hydrogens (primary N) is 2. The van der Waals surface area contributed by atoms with E-state index in [1.807, 2.05) is 0 Å². The molecule has 0 aliphatic heterocycles. The maximum Gasteiger partial charge on any atom is 0.0965 e. The van der Waals surface area contributed by atoms with Crippen LogP contribution < -0.4 is 11.5 Å². The first-order chi connectivity index (χ1) is 5.26. The van der Waals surface area contributed by atoms with Gasteiger partial charge in [-0.15, -0.1) is 0 Å².